The first-order chi connectivity index (χ1) is 9.33. The van der Waals surface area contributed by atoms with E-state index in [-0.39, 0.29) is 6.09 Å². The molecule has 0 radical (unpaired) electrons. The van der Waals surface area contributed by atoms with Crippen molar-refractivity contribution < 1.29 is 9.53 Å². The van der Waals surface area contributed by atoms with Crippen LogP contribution in [-0.4, -0.2) is 22.5 Å². The fourth-order valence-corrected chi connectivity index (χ4v) is 2.18. The van der Waals surface area contributed by atoms with Crippen LogP contribution in [0.5, 0.6) is 5.75 Å². The van der Waals surface area contributed by atoms with E-state index >= 15 is 0 Å². The molecule has 0 bridgehead atoms. The maximum Gasteiger partial charge on any atom is 0.415 e. The minimum absolute atomic E-state index is 0.305. The highest BCUT2D eigenvalue weighted by Crippen LogP contribution is 2.18. The van der Waals surface area contributed by atoms with Crippen molar-refractivity contribution in [2.24, 2.45) is 0 Å². The van der Waals surface area contributed by atoms with Gasteiger partial charge in [-0.1, -0.05) is 24.3 Å². The van der Waals surface area contributed by atoms with Gasteiger partial charge in [-0.25, -0.2) is 4.79 Å². The number of ether oxygens (including phenoxy) is 1. The molecule has 0 spiro atoms. The van der Waals surface area contributed by atoms with Gasteiger partial charge in [-0.05, 0) is 23.8 Å². The van der Waals surface area contributed by atoms with Crippen molar-refractivity contribution >= 4 is 6.09 Å². The maximum absolute atomic E-state index is 12.1. The summed E-state index contributed by atoms with van der Waals surface area (Å²) in [4.78, 5) is 18.1. The molecular weight excluding hydrogens is 240 g/mol. The molecule has 1 amide bonds. The first-order valence-corrected chi connectivity index (χ1v) is 6.27. The summed E-state index contributed by atoms with van der Waals surface area (Å²) in [5, 5.41) is 0. The van der Waals surface area contributed by atoms with Crippen molar-refractivity contribution in [2.75, 3.05) is 6.54 Å². The topological polar surface area (TPSA) is 42.4 Å². The Kier molecular flexibility index (Phi) is 3.14. The van der Waals surface area contributed by atoms with Crippen LogP contribution in [0.25, 0.3) is 0 Å². The van der Waals surface area contributed by atoms with Crippen LogP contribution < -0.4 is 4.74 Å². The Bertz CT molecular complexity index is 584. The zero-order valence-corrected chi connectivity index (χ0v) is 10.5. The van der Waals surface area contributed by atoms with Gasteiger partial charge in [-0.15, -0.1) is 0 Å². The fraction of sp³-hybridized carbons (Fsp3) is 0.200. The third kappa shape index (κ3) is 2.57. The number of pyridine rings is 1. The molecule has 1 aromatic carbocycles. The molecule has 4 heteroatoms. The number of hydrogen-bond acceptors (Lipinski definition) is 3. The number of para-hydroxylation sites is 1. The highest BCUT2D eigenvalue weighted by Gasteiger charge is 2.22. The normalized spacial score (nSPS) is 13.8. The fourth-order valence-electron chi connectivity index (χ4n) is 2.18. The lowest BCUT2D eigenvalue weighted by molar-refractivity contribution is 0.146. The number of hydrogen-bond donors (Lipinski definition) is 0. The van der Waals surface area contributed by atoms with E-state index in [1.807, 2.05) is 30.3 Å². The van der Waals surface area contributed by atoms with Gasteiger partial charge in [0.1, 0.15) is 5.75 Å². The predicted molar refractivity (Wildman–Crippen MR) is 70.8 cm³/mol. The zero-order valence-electron chi connectivity index (χ0n) is 10.5. The van der Waals surface area contributed by atoms with Gasteiger partial charge in [0, 0.05) is 24.9 Å². The largest absolute Gasteiger partial charge is 0.415 e. The Morgan fingerprint density at radius 1 is 1.16 bits per heavy atom. The van der Waals surface area contributed by atoms with Gasteiger partial charge in [0.2, 0.25) is 0 Å². The van der Waals surface area contributed by atoms with E-state index in [0.29, 0.717) is 18.8 Å². The van der Waals surface area contributed by atoms with Crippen molar-refractivity contribution in [2.45, 2.75) is 13.0 Å². The molecule has 1 aliphatic rings. The molecular formula is C15H14N2O2. The van der Waals surface area contributed by atoms with Crippen LogP contribution >= 0.6 is 0 Å². The molecule has 0 atom stereocenters. The lowest BCUT2D eigenvalue weighted by Crippen LogP contribution is -2.38. The molecule has 0 saturated heterocycles. The number of fused-ring (bicyclic) bond motifs is 1. The molecule has 4 nitrogen and oxygen atoms in total. The zero-order chi connectivity index (χ0) is 13.1. The molecule has 0 N–H and O–H groups in total. The van der Waals surface area contributed by atoms with Crippen LogP contribution in [-0.2, 0) is 13.0 Å². The molecule has 0 fully saturated rings. The van der Waals surface area contributed by atoms with E-state index in [9.17, 15) is 4.79 Å². The highest BCUT2D eigenvalue weighted by atomic mass is 16.6. The average molecular weight is 254 g/mol. The minimum Gasteiger partial charge on any atom is -0.410 e. The van der Waals surface area contributed by atoms with Gasteiger partial charge in [-0.3, -0.25) is 4.98 Å². The van der Waals surface area contributed by atoms with Gasteiger partial charge < -0.3 is 9.64 Å². The maximum atomic E-state index is 12.1. The summed E-state index contributed by atoms with van der Waals surface area (Å²) in [5.41, 5.74) is 2.17. The van der Waals surface area contributed by atoms with Crippen molar-refractivity contribution in [3.05, 3.63) is 59.9 Å². The Morgan fingerprint density at radius 2 is 2.00 bits per heavy atom. The molecule has 3 rings (SSSR count). The third-order valence-corrected chi connectivity index (χ3v) is 3.17. The minimum atomic E-state index is -0.305. The Hall–Kier alpha value is -2.36. The Morgan fingerprint density at radius 3 is 2.84 bits per heavy atom. The molecule has 1 aromatic heterocycles. The van der Waals surface area contributed by atoms with E-state index < -0.39 is 0 Å². The predicted octanol–water partition coefficient (Wildman–Crippen LogP) is 2.64. The van der Waals surface area contributed by atoms with Crippen LogP contribution in [0.2, 0.25) is 0 Å². The quantitative estimate of drug-likeness (QED) is 0.785. The standard InChI is InChI=1S/C15H14N2O2/c18-15(19-13-6-2-1-3-7-13)17-10-8-14-12(11-17)5-4-9-16-14/h1-7,9H,8,10-11H2. The molecule has 2 aromatic rings. The van der Waals surface area contributed by atoms with Crippen molar-refractivity contribution in [3.63, 3.8) is 0 Å². The summed E-state index contributed by atoms with van der Waals surface area (Å²) < 4.78 is 5.34. The smallest absolute Gasteiger partial charge is 0.410 e. The lowest BCUT2D eigenvalue weighted by atomic mass is 10.1. The van der Waals surface area contributed by atoms with Gasteiger partial charge in [0.15, 0.2) is 0 Å². The van der Waals surface area contributed by atoms with Crippen LogP contribution in [0.4, 0.5) is 4.79 Å². The summed E-state index contributed by atoms with van der Waals surface area (Å²) in [6.45, 7) is 1.21. The van der Waals surface area contributed by atoms with E-state index in [0.717, 1.165) is 17.7 Å². The number of rotatable bonds is 1. The summed E-state index contributed by atoms with van der Waals surface area (Å²) >= 11 is 0. The number of nitrogens with zero attached hydrogens (tertiary/aromatic N) is 2. The van der Waals surface area contributed by atoms with Gasteiger partial charge in [0.25, 0.3) is 0 Å². The first kappa shape index (κ1) is 11.7. The highest BCUT2D eigenvalue weighted by molar-refractivity contribution is 5.71. The van der Waals surface area contributed by atoms with E-state index in [1.165, 1.54) is 0 Å². The SMILES string of the molecule is O=C(Oc1ccccc1)N1CCc2ncccc2C1. The number of aromatic nitrogens is 1. The van der Waals surface area contributed by atoms with Crippen LogP contribution in [0, 0.1) is 0 Å². The van der Waals surface area contributed by atoms with Gasteiger partial charge in [-0.2, -0.15) is 0 Å². The second kappa shape index (κ2) is 5.10. The van der Waals surface area contributed by atoms with Crippen molar-refractivity contribution in [3.8, 4) is 5.75 Å². The van der Waals surface area contributed by atoms with Crippen molar-refractivity contribution in [1.29, 1.82) is 0 Å². The van der Waals surface area contributed by atoms with Crippen molar-refractivity contribution in [1.82, 2.24) is 9.88 Å². The molecule has 2 heterocycles. The monoisotopic (exact) mass is 254 g/mol. The molecule has 19 heavy (non-hydrogen) atoms. The number of carbonyl (C=O) groups is 1. The molecule has 96 valence electrons. The second-order valence-corrected chi connectivity index (χ2v) is 4.46. The van der Waals surface area contributed by atoms with E-state index in [4.69, 9.17) is 4.74 Å². The lowest BCUT2D eigenvalue weighted by Gasteiger charge is -2.27. The first-order valence-electron chi connectivity index (χ1n) is 6.27. The van der Waals surface area contributed by atoms with Gasteiger partial charge in [0.05, 0.1) is 6.54 Å². The number of carbonyl (C=O) groups excluding carboxylic acids is 1. The molecule has 0 saturated carbocycles. The second-order valence-electron chi connectivity index (χ2n) is 4.46. The Balaban J connectivity index is 1.70. The molecule has 1 aliphatic heterocycles. The summed E-state index contributed by atoms with van der Waals surface area (Å²) in [5.74, 6) is 0.574. The van der Waals surface area contributed by atoms with Gasteiger partial charge >= 0.3 is 6.09 Å². The van der Waals surface area contributed by atoms with Crippen LogP contribution in [0.1, 0.15) is 11.3 Å². The summed E-state index contributed by atoms with van der Waals surface area (Å²) in [6.07, 6.45) is 2.26. The summed E-state index contributed by atoms with van der Waals surface area (Å²) in [7, 11) is 0. The third-order valence-electron chi connectivity index (χ3n) is 3.17. The number of amides is 1. The Labute approximate surface area is 111 Å². The summed E-state index contributed by atoms with van der Waals surface area (Å²) in [6, 6.07) is 13.0. The number of benzene rings is 1. The van der Waals surface area contributed by atoms with Crippen LogP contribution in [0.15, 0.2) is 48.7 Å². The average Bonchev–Trinajstić information content (AvgIpc) is 2.48. The van der Waals surface area contributed by atoms with E-state index in [1.54, 1.807) is 23.2 Å². The molecule has 0 unspecified atom stereocenters. The molecule has 0 aliphatic carbocycles. The van der Waals surface area contributed by atoms with E-state index in [2.05, 4.69) is 4.98 Å². The van der Waals surface area contributed by atoms with Crippen LogP contribution in [0.3, 0.4) is 0 Å².